The average molecular weight is 312 g/mol. The van der Waals surface area contributed by atoms with Crippen molar-refractivity contribution in [2.75, 3.05) is 24.5 Å². The number of hydrogen-bond donors (Lipinski definition) is 1. The van der Waals surface area contributed by atoms with Crippen molar-refractivity contribution in [3.05, 3.63) is 18.6 Å². The first-order chi connectivity index (χ1) is 11.2. The second-order valence-electron chi connectivity index (χ2n) is 5.67. The van der Waals surface area contributed by atoms with E-state index in [9.17, 15) is 4.79 Å². The molecule has 0 bridgehead atoms. The summed E-state index contributed by atoms with van der Waals surface area (Å²) in [6.45, 7) is 4.54. The lowest BCUT2D eigenvalue weighted by atomic mass is 9.98. The minimum Gasteiger partial charge on any atom is -0.356 e. The molecule has 3 rings (SSSR count). The molecular formula is C16H20N6O. The van der Waals surface area contributed by atoms with E-state index in [1.54, 1.807) is 6.33 Å². The van der Waals surface area contributed by atoms with Crippen LogP contribution in [0.5, 0.6) is 0 Å². The fourth-order valence-electron chi connectivity index (χ4n) is 3.07. The van der Waals surface area contributed by atoms with Crippen LogP contribution in [0.15, 0.2) is 18.6 Å². The Bertz CT molecular complexity index is 733. The maximum atomic E-state index is 11.8. The van der Waals surface area contributed by atoms with Crippen LogP contribution in [0, 0.1) is 11.3 Å². The Kier molecular flexibility index (Phi) is 4.42. The molecule has 0 radical (unpaired) electrons. The molecule has 23 heavy (non-hydrogen) atoms. The first kappa shape index (κ1) is 15.3. The fourth-order valence-corrected chi connectivity index (χ4v) is 3.07. The summed E-state index contributed by atoms with van der Waals surface area (Å²) in [6.07, 6.45) is 5.32. The maximum Gasteiger partial charge on any atom is 0.237 e. The Morgan fingerprint density at radius 3 is 3.13 bits per heavy atom. The van der Waals surface area contributed by atoms with Crippen molar-refractivity contribution in [2.45, 2.75) is 32.2 Å². The van der Waals surface area contributed by atoms with Gasteiger partial charge in [0.2, 0.25) is 5.91 Å². The van der Waals surface area contributed by atoms with Gasteiger partial charge in [-0.2, -0.15) is 5.26 Å². The molecule has 120 valence electrons. The number of anilines is 1. The molecule has 0 saturated carbocycles. The van der Waals surface area contributed by atoms with Crippen molar-refractivity contribution in [1.82, 2.24) is 19.9 Å². The zero-order valence-corrected chi connectivity index (χ0v) is 13.2. The third-order valence-electron chi connectivity index (χ3n) is 4.44. The number of amides is 1. The molecule has 1 aliphatic heterocycles. The van der Waals surface area contributed by atoms with Gasteiger partial charge in [-0.1, -0.05) is 0 Å². The van der Waals surface area contributed by atoms with E-state index >= 15 is 0 Å². The van der Waals surface area contributed by atoms with Crippen molar-refractivity contribution in [2.24, 2.45) is 0 Å². The van der Waals surface area contributed by atoms with Gasteiger partial charge in [-0.3, -0.25) is 4.79 Å². The highest BCUT2D eigenvalue weighted by Gasteiger charge is 2.31. The molecule has 1 fully saturated rings. The van der Waals surface area contributed by atoms with Crippen molar-refractivity contribution in [1.29, 1.82) is 5.26 Å². The summed E-state index contributed by atoms with van der Waals surface area (Å²) in [6, 6.07) is 4.16. The lowest BCUT2D eigenvalue weighted by molar-refractivity contribution is -0.137. The minimum absolute atomic E-state index is 0.0239. The van der Waals surface area contributed by atoms with Gasteiger partial charge >= 0.3 is 0 Å². The summed E-state index contributed by atoms with van der Waals surface area (Å²) < 4.78 is 0. The van der Waals surface area contributed by atoms with Crippen LogP contribution in [0.1, 0.15) is 26.2 Å². The number of nitrogens with zero attached hydrogens (tertiary/aromatic N) is 5. The second-order valence-corrected chi connectivity index (χ2v) is 5.67. The number of nitriles is 1. The van der Waals surface area contributed by atoms with Crippen LogP contribution in [0.2, 0.25) is 0 Å². The lowest BCUT2D eigenvalue weighted by Crippen LogP contribution is -2.52. The van der Waals surface area contributed by atoms with Crippen molar-refractivity contribution < 1.29 is 4.79 Å². The summed E-state index contributed by atoms with van der Waals surface area (Å²) in [7, 11) is 0. The quantitative estimate of drug-likeness (QED) is 0.876. The summed E-state index contributed by atoms with van der Waals surface area (Å²) in [5.41, 5.74) is 0.836. The van der Waals surface area contributed by atoms with Gasteiger partial charge in [-0.15, -0.1) is 0 Å². The van der Waals surface area contributed by atoms with Crippen LogP contribution in [-0.2, 0) is 4.79 Å². The largest absolute Gasteiger partial charge is 0.356 e. The molecule has 1 N–H and O–H groups in total. The van der Waals surface area contributed by atoms with E-state index in [-0.39, 0.29) is 18.4 Å². The predicted molar refractivity (Wildman–Crippen MR) is 86.7 cm³/mol. The Hall–Kier alpha value is -2.62. The average Bonchev–Trinajstić information content (AvgIpc) is 2.99. The Morgan fingerprint density at radius 2 is 2.43 bits per heavy atom. The van der Waals surface area contributed by atoms with Crippen LogP contribution in [0.3, 0.4) is 0 Å². The molecule has 2 aromatic heterocycles. The number of aromatic nitrogens is 3. The van der Waals surface area contributed by atoms with E-state index in [1.807, 2.05) is 23.2 Å². The number of H-pyrrole nitrogens is 1. The van der Waals surface area contributed by atoms with Gasteiger partial charge in [0.1, 0.15) is 24.2 Å². The van der Waals surface area contributed by atoms with Crippen molar-refractivity contribution in [3.8, 4) is 6.07 Å². The standard InChI is InChI=1S/C16H20N6O/c1-2-21(16-13-4-8-18-15(13)19-11-20-16)9-5-12-6-10-22(12)14(23)3-7-17/h4,8,11-12H,2-3,5-6,9-10H2,1H3,(H,18,19,20)/t12-/m1/s1. The minimum atomic E-state index is -0.0538. The van der Waals surface area contributed by atoms with Gasteiger partial charge in [-0.25, -0.2) is 9.97 Å². The third kappa shape index (κ3) is 2.97. The first-order valence-corrected chi connectivity index (χ1v) is 7.94. The highest BCUT2D eigenvalue weighted by atomic mass is 16.2. The number of rotatable bonds is 6. The smallest absolute Gasteiger partial charge is 0.237 e. The molecule has 1 saturated heterocycles. The molecule has 0 spiro atoms. The predicted octanol–water partition coefficient (Wildman–Crippen LogP) is 1.69. The summed E-state index contributed by atoms with van der Waals surface area (Å²) in [4.78, 5) is 27.6. The molecule has 3 heterocycles. The molecule has 1 amide bonds. The number of fused-ring (bicyclic) bond motifs is 1. The van der Waals surface area contributed by atoms with Gasteiger partial charge in [0.15, 0.2) is 0 Å². The molecule has 1 atom stereocenters. The Morgan fingerprint density at radius 1 is 1.57 bits per heavy atom. The van der Waals surface area contributed by atoms with Gasteiger partial charge in [0, 0.05) is 31.9 Å². The number of likely N-dealkylation sites (tertiary alicyclic amines) is 1. The van der Waals surface area contributed by atoms with Crippen LogP contribution in [-0.4, -0.2) is 51.4 Å². The molecule has 0 aromatic carbocycles. The van der Waals surface area contributed by atoms with Crippen LogP contribution in [0.4, 0.5) is 5.82 Å². The van der Waals surface area contributed by atoms with Gasteiger partial charge in [0.05, 0.1) is 11.5 Å². The first-order valence-electron chi connectivity index (χ1n) is 7.94. The Balaban J connectivity index is 1.66. The van der Waals surface area contributed by atoms with E-state index in [1.165, 1.54) is 0 Å². The number of hydrogen-bond acceptors (Lipinski definition) is 5. The van der Waals surface area contributed by atoms with Crippen LogP contribution in [0.25, 0.3) is 11.0 Å². The number of carbonyl (C=O) groups excluding carboxylic acids is 1. The fraction of sp³-hybridized carbons (Fsp3) is 0.500. The second kappa shape index (κ2) is 6.65. The zero-order chi connectivity index (χ0) is 16.2. The number of carbonyl (C=O) groups is 1. The van der Waals surface area contributed by atoms with Gasteiger partial charge in [-0.05, 0) is 25.8 Å². The van der Waals surface area contributed by atoms with E-state index in [2.05, 4.69) is 26.8 Å². The molecule has 1 aliphatic rings. The van der Waals surface area contributed by atoms with Gasteiger partial charge in [0.25, 0.3) is 0 Å². The lowest BCUT2D eigenvalue weighted by Gasteiger charge is -2.41. The van der Waals surface area contributed by atoms with Crippen LogP contribution >= 0.6 is 0 Å². The highest BCUT2D eigenvalue weighted by Crippen LogP contribution is 2.25. The highest BCUT2D eigenvalue weighted by molar-refractivity contribution is 5.87. The number of aromatic amines is 1. The zero-order valence-electron chi connectivity index (χ0n) is 13.2. The van der Waals surface area contributed by atoms with E-state index in [4.69, 9.17) is 5.26 Å². The summed E-state index contributed by atoms with van der Waals surface area (Å²) in [5.74, 6) is 0.870. The van der Waals surface area contributed by atoms with E-state index in [0.717, 1.165) is 49.3 Å². The van der Waals surface area contributed by atoms with E-state index in [0.29, 0.717) is 0 Å². The maximum absolute atomic E-state index is 11.8. The summed E-state index contributed by atoms with van der Waals surface area (Å²) in [5, 5.41) is 9.67. The Labute approximate surface area is 134 Å². The monoisotopic (exact) mass is 312 g/mol. The SMILES string of the molecule is CCN(CC[C@@H]1CCN1C(=O)CC#N)c1ncnc2[nH]ccc12. The van der Waals surface area contributed by atoms with Crippen molar-refractivity contribution >= 4 is 22.8 Å². The topological polar surface area (TPSA) is 88.9 Å². The molecule has 0 unspecified atom stereocenters. The normalized spacial score (nSPS) is 16.9. The van der Waals surface area contributed by atoms with Crippen LogP contribution < -0.4 is 4.90 Å². The summed E-state index contributed by atoms with van der Waals surface area (Å²) >= 11 is 0. The molecule has 2 aromatic rings. The third-order valence-corrected chi connectivity index (χ3v) is 4.44. The van der Waals surface area contributed by atoms with Crippen molar-refractivity contribution in [3.63, 3.8) is 0 Å². The number of nitrogens with one attached hydrogen (secondary N) is 1. The van der Waals surface area contributed by atoms with E-state index < -0.39 is 0 Å². The molecule has 7 nitrogen and oxygen atoms in total. The van der Waals surface area contributed by atoms with Gasteiger partial charge < -0.3 is 14.8 Å². The molecule has 7 heteroatoms. The molecular weight excluding hydrogens is 292 g/mol. The molecule has 0 aliphatic carbocycles.